The molecular formula is C28H40F2O. The molecule has 0 bridgehead atoms. The number of hydrogen-bond acceptors (Lipinski definition) is 1. The van der Waals surface area contributed by atoms with Crippen molar-refractivity contribution in [1.82, 2.24) is 0 Å². The first-order valence-electron chi connectivity index (χ1n) is 13.2. The summed E-state index contributed by atoms with van der Waals surface area (Å²) in [5.41, 5.74) is 1.73. The highest BCUT2D eigenvalue weighted by molar-refractivity contribution is 5.32. The molecule has 4 aliphatic carbocycles. The molecule has 0 spiro atoms. The maximum Gasteiger partial charge on any atom is 0.162 e. The fourth-order valence-electron chi connectivity index (χ4n) is 7.99. The predicted molar refractivity (Wildman–Crippen MR) is 121 cm³/mol. The van der Waals surface area contributed by atoms with Gasteiger partial charge in [-0.2, -0.15) is 0 Å². The summed E-state index contributed by atoms with van der Waals surface area (Å²) in [4.78, 5) is 0. The fourth-order valence-corrected chi connectivity index (χ4v) is 7.99. The molecule has 0 amide bonds. The van der Waals surface area contributed by atoms with Crippen LogP contribution < -0.4 is 0 Å². The summed E-state index contributed by atoms with van der Waals surface area (Å²) < 4.78 is 33.6. The first-order valence-corrected chi connectivity index (χ1v) is 13.2. The molecular weight excluding hydrogens is 390 g/mol. The van der Waals surface area contributed by atoms with Crippen molar-refractivity contribution in [3.63, 3.8) is 0 Å². The van der Waals surface area contributed by atoms with Gasteiger partial charge in [-0.25, -0.2) is 8.78 Å². The zero-order valence-corrected chi connectivity index (χ0v) is 19.3. The van der Waals surface area contributed by atoms with E-state index in [1.807, 2.05) is 6.07 Å². The fraction of sp³-hybridized carbons (Fsp3) is 0.786. The maximum atomic E-state index is 14.1. The number of benzene rings is 1. The average molecular weight is 431 g/mol. The Bertz CT molecular complexity index is 754. The third-order valence-electron chi connectivity index (χ3n) is 9.69. The van der Waals surface area contributed by atoms with Crippen LogP contribution in [0, 0.1) is 47.1 Å². The normalized spacial score (nSPS) is 38.4. The third kappa shape index (κ3) is 4.59. The predicted octanol–water partition coefficient (Wildman–Crippen LogP) is 7.50. The lowest BCUT2D eigenvalue weighted by Gasteiger charge is -2.47. The van der Waals surface area contributed by atoms with Crippen LogP contribution in [0.4, 0.5) is 8.78 Å². The molecule has 1 aromatic carbocycles. The second kappa shape index (κ2) is 9.49. The summed E-state index contributed by atoms with van der Waals surface area (Å²) in [5.74, 6) is 3.96. The van der Waals surface area contributed by atoms with Crippen molar-refractivity contribution in [2.24, 2.45) is 35.5 Å². The van der Waals surface area contributed by atoms with Gasteiger partial charge in [0.25, 0.3) is 0 Å². The molecule has 5 unspecified atom stereocenters. The van der Waals surface area contributed by atoms with Crippen molar-refractivity contribution in [3.05, 3.63) is 34.9 Å². The van der Waals surface area contributed by atoms with Gasteiger partial charge in [-0.3, -0.25) is 0 Å². The van der Waals surface area contributed by atoms with Gasteiger partial charge in [0.05, 0.1) is 6.10 Å². The summed E-state index contributed by atoms with van der Waals surface area (Å²) >= 11 is 0. The lowest BCUT2D eigenvalue weighted by Crippen LogP contribution is -2.37. The Morgan fingerprint density at radius 3 is 1.97 bits per heavy atom. The zero-order chi connectivity index (χ0) is 21.4. The average Bonchev–Trinajstić information content (AvgIpc) is 2.81. The Hall–Kier alpha value is -0.960. The van der Waals surface area contributed by atoms with Crippen LogP contribution in [0.5, 0.6) is 0 Å². The van der Waals surface area contributed by atoms with Crippen LogP contribution in [0.1, 0.15) is 88.7 Å². The molecule has 1 aromatic rings. The van der Waals surface area contributed by atoms with Gasteiger partial charge in [-0.1, -0.05) is 6.07 Å². The summed E-state index contributed by atoms with van der Waals surface area (Å²) in [6.07, 6.45) is 17.1. The summed E-state index contributed by atoms with van der Waals surface area (Å²) in [6, 6.07) is 3.17. The first kappa shape index (κ1) is 21.9. The van der Waals surface area contributed by atoms with Crippen LogP contribution in [-0.2, 0) is 17.6 Å². The van der Waals surface area contributed by atoms with E-state index >= 15 is 0 Å². The van der Waals surface area contributed by atoms with Crippen LogP contribution in [-0.4, -0.2) is 12.7 Å². The standard InChI is InChI=1S/C28H40F2O/c1-2-31-25-11-7-18(8-12-25)19-3-4-21-16-22(6-5-20(21)15-19)23-9-13-26-24(17-23)10-14-27(29)28(26)30/h10,14,18-23,25H,2-9,11-13,15-17H2,1H3. The number of fused-ring (bicyclic) bond motifs is 2. The largest absolute Gasteiger partial charge is 0.379 e. The SMILES string of the molecule is CCOC1CCC(C2CCC3CC(C4CCc5c(ccc(F)c5F)C4)CCC3C2)CC1. The number of hydrogen-bond donors (Lipinski definition) is 0. The molecule has 5 atom stereocenters. The minimum atomic E-state index is -0.680. The number of halogens is 2. The lowest BCUT2D eigenvalue weighted by molar-refractivity contribution is 0.00158. The highest BCUT2D eigenvalue weighted by atomic mass is 19.2. The second-order valence-corrected chi connectivity index (χ2v) is 11.2. The Kier molecular flexibility index (Phi) is 6.70. The van der Waals surface area contributed by atoms with Gasteiger partial charge in [0.15, 0.2) is 11.6 Å². The van der Waals surface area contributed by atoms with Crippen LogP contribution in [0.15, 0.2) is 12.1 Å². The van der Waals surface area contributed by atoms with E-state index in [0.29, 0.717) is 17.6 Å². The van der Waals surface area contributed by atoms with Gasteiger partial charge >= 0.3 is 0 Å². The van der Waals surface area contributed by atoms with Crippen molar-refractivity contribution in [2.45, 2.75) is 96.5 Å². The summed E-state index contributed by atoms with van der Waals surface area (Å²) in [6.45, 7) is 2.98. The van der Waals surface area contributed by atoms with Gasteiger partial charge in [0.1, 0.15) is 0 Å². The molecule has 4 aliphatic rings. The first-order chi connectivity index (χ1) is 15.1. The molecule has 0 radical (unpaired) electrons. The van der Waals surface area contributed by atoms with E-state index in [1.54, 1.807) is 0 Å². The van der Waals surface area contributed by atoms with E-state index in [0.717, 1.165) is 61.0 Å². The lowest BCUT2D eigenvalue weighted by atomic mass is 9.59. The highest BCUT2D eigenvalue weighted by Gasteiger charge is 2.41. The van der Waals surface area contributed by atoms with Crippen LogP contribution in [0.25, 0.3) is 0 Å². The van der Waals surface area contributed by atoms with Crippen LogP contribution in [0.3, 0.4) is 0 Å². The van der Waals surface area contributed by atoms with Gasteiger partial charge in [0, 0.05) is 6.61 Å². The van der Waals surface area contributed by atoms with Gasteiger partial charge in [-0.15, -0.1) is 0 Å². The zero-order valence-electron chi connectivity index (χ0n) is 19.3. The molecule has 31 heavy (non-hydrogen) atoms. The molecule has 1 nitrogen and oxygen atoms in total. The molecule has 3 saturated carbocycles. The second-order valence-electron chi connectivity index (χ2n) is 11.2. The minimum absolute atomic E-state index is 0.526. The van der Waals surface area contributed by atoms with E-state index in [4.69, 9.17) is 4.74 Å². The van der Waals surface area contributed by atoms with Crippen molar-refractivity contribution in [1.29, 1.82) is 0 Å². The van der Waals surface area contributed by atoms with Crippen molar-refractivity contribution in [2.75, 3.05) is 6.61 Å². The van der Waals surface area contributed by atoms with E-state index in [2.05, 4.69) is 6.92 Å². The van der Waals surface area contributed by atoms with Gasteiger partial charge in [-0.05, 0) is 143 Å². The van der Waals surface area contributed by atoms with Crippen LogP contribution >= 0.6 is 0 Å². The number of ether oxygens (including phenoxy) is 1. The number of rotatable bonds is 4. The molecule has 0 heterocycles. The van der Waals surface area contributed by atoms with Crippen LogP contribution in [0.2, 0.25) is 0 Å². The highest BCUT2D eigenvalue weighted by Crippen LogP contribution is 2.51. The molecule has 172 valence electrons. The Balaban J connectivity index is 1.14. The van der Waals surface area contributed by atoms with E-state index in [1.165, 1.54) is 70.3 Å². The maximum absolute atomic E-state index is 14.1. The van der Waals surface area contributed by atoms with E-state index in [-0.39, 0.29) is 0 Å². The molecule has 0 aliphatic heterocycles. The van der Waals surface area contributed by atoms with Crippen molar-refractivity contribution < 1.29 is 13.5 Å². The third-order valence-corrected chi connectivity index (χ3v) is 9.69. The van der Waals surface area contributed by atoms with E-state index < -0.39 is 11.6 Å². The van der Waals surface area contributed by atoms with Crippen molar-refractivity contribution >= 4 is 0 Å². The smallest absolute Gasteiger partial charge is 0.162 e. The van der Waals surface area contributed by atoms with E-state index in [9.17, 15) is 8.78 Å². The molecule has 3 fully saturated rings. The summed E-state index contributed by atoms with van der Waals surface area (Å²) in [7, 11) is 0. The Morgan fingerprint density at radius 2 is 1.32 bits per heavy atom. The summed E-state index contributed by atoms with van der Waals surface area (Å²) in [5, 5.41) is 0. The quantitative estimate of drug-likeness (QED) is 0.480. The minimum Gasteiger partial charge on any atom is -0.379 e. The molecule has 0 N–H and O–H groups in total. The molecule has 0 aromatic heterocycles. The monoisotopic (exact) mass is 430 g/mol. The van der Waals surface area contributed by atoms with Gasteiger partial charge < -0.3 is 4.74 Å². The Morgan fingerprint density at radius 1 is 0.742 bits per heavy atom. The molecule has 0 saturated heterocycles. The Labute approximate surface area is 187 Å². The molecule has 3 heteroatoms. The molecule has 5 rings (SSSR count). The van der Waals surface area contributed by atoms with Gasteiger partial charge in [0.2, 0.25) is 0 Å². The van der Waals surface area contributed by atoms with Crippen molar-refractivity contribution in [3.8, 4) is 0 Å². The topological polar surface area (TPSA) is 9.23 Å².